The summed E-state index contributed by atoms with van der Waals surface area (Å²) in [6, 6.07) is 10.1. The first-order valence-electron chi connectivity index (χ1n) is 10.8. The van der Waals surface area contributed by atoms with E-state index in [0.29, 0.717) is 23.3 Å². The molecule has 0 aliphatic heterocycles. The van der Waals surface area contributed by atoms with Gasteiger partial charge < -0.3 is 21.0 Å². The van der Waals surface area contributed by atoms with Crippen LogP contribution in [0.4, 0.5) is 13.2 Å². The number of benzene rings is 2. The van der Waals surface area contributed by atoms with Crippen LogP contribution in [0.1, 0.15) is 17.5 Å². The fourth-order valence-electron chi connectivity index (χ4n) is 2.86. The van der Waals surface area contributed by atoms with Crippen LogP contribution in [0.3, 0.4) is 0 Å². The van der Waals surface area contributed by atoms with Crippen molar-refractivity contribution >= 4 is 27.9 Å². The highest BCUT2D eigenvalue weighted by Crippen LogP contribution is 2.19. The number of hydrogen-bond acceptors (Lipinski definition) is 9. The van der Waals surface area contributed by atoms with Gasteiger partial charge in [-0.25, -0.2) is 27.8 Å². The molecule has 12 nitrogen and oxygen atoms in total. The number of ether oxygens (including phenoxy) is 1. The number of halogens is 3. The molecule has 0 heterocycles. The third kappa shape index (κ3) is 9.78. The number of carbonyl (C=O) groups is 2. The van der Waals surface area contributed by atoms with Crippen LogP contribution in [0.5, 0.6) is 5.75 Å². The van der Waals surface area contributed by atoms with Crippen LogP contribution in [0.15, 0.2) is 58.6 Å². The van der Waals surface area contributed by atoms with Gasteiger partial charge in [0.2, 0.25) is 16.0 Å². The summed E-state index contributed by atoms with van der Waals surface area (Å²) in [6.45, 7) is 1.95. The molecule has 0 aromatic heterocycles. The molecular formula is C22H25F3N4O8S. The molecule has 0 saturated carbocycles. The first-order valence-corrected chi connectivity index (χ1v) is 12.3. The monoisotopic (exact) mass is 562 g/mol. The summed E-state index contributed by atoms with van der Waals surface area (Å²) < 4.78 is 70.5. The maximum Gasteiger partial charge on any atom is 0.495 e. The number of nitrogens with zero attached hydrogens (tertiary/aromatic N) is 1. The van der Waals surface area contributed by atoms with Gasteiger partial charge in [-0.2, -0.15) is 17.9 Å². The molecule has 0 radical (unpaired) electrons. The molecule has 38 heavy (non-hydrogen) atoms. The number of rotatable bonds is 12. The second kappa shape index (κ2) is 13.5. The summed E-state index contributed by atoms with van der Waals surface area (Å²) in [7, 11) is -4.33. The van der Waals surface area contributed by atoms with Gasteiger partial charge in [-0.15, -0.1) is 0 Å². The molecule has 0 bridgehead atoms. The van der Waals surface area contributed by atoms with Gasteiger partial charge in [0.15, 0.2) is 0 Å². The van der Waals surface area contributed by atoms with Crippen LogP contribution < -0.4 is 20.9 Å². The quantitative estimate of drug-likeness (QED) is 0.112. The van der Waals surface area contributed by atoms with E-state index >= 15 is 0 Å². The molecule has 0 unspecified atom stereocenters. The average molecular weight is 563 g/mol. The number of carbonyl (C=O) groups excluding carboxylic acids is 2. The first kappa shape index (κ1) is 30.2. The molecule has 16 heteroatoms. The molecule has 0 spiro atoms. The molecule has 0 aliphatic carbocycles. The van der Waals surface area contributed by atoms with E-state index in [2.05, 4.69) is 19.7 Å². The number of nitrogens with one attached hydrogen (secondary N) is 1. The normalized spacial score (nSPS) is 12.2. The van der Waals surface area contributed by atoms with Crippen molar-refractivity contribution in [2.45, 2.75) is 36.9 Å². The molecule has 0 fully saturated rings. The topological polar surface area (TPSA) is 182 Å². The van der Waals surface area contributed by atoms with Gasteiger partial charge in [-0.05, 0) is 47.8 Å². The number of hydrogen-bond donors (Lipinski definition) is 3. The predicted octanol–water partition coefficient (Wildman–Crippen LogP) is 1.42. The van der Waals surface area contributed by atoms with Gasteiger partial charge in [-0.1, -0.05) is 30.3 Å². The Morgan fingerprint density at radius 2 is 1.68 bits per heavy atom. The Balaban J connectivity index is 2.11. The van der Waals surface area contributed by atoms with Crippen molar-refractivity contribution in [3.8, 4) is 5.75 Å². The number of alkyl halides is 3. The van der Waals surface area contributed by atoms with E-state index in [4.69, 9.17) is 21.0 Å². The fourth-order valence-corrected chi connectivity index (χ4v) is 4.29. The summed E-state index contributed by atoms with van der Waals surface area (Å²) in [6.07, 6.45) is -5.34. The van der Waals surface area contributed by atoms with E-state index in [-0.39, 0.29) is 30.5 Å². The Labute approximate surface area is 215 Å². The summed E-state index contributed by atoms with van der Waals surface area (Å²) in [5.74, 6) is -4.14. The number of guanidine groups is 1. The minimum atomic E-state index is -5.43. The lowest BCUT2D eigenvalue weighted by Gasteiger charge is -2.18. The van der Waals surface area contributed by atoms with E-state index < -0.39 is 34.2 Å². The molecule has 5 N–H and O–H groups in total. The van der Waals surface area contributed by atoms with Crippen LogP contribution >= 0.6 is 0 Å². The molecular weight excluding hydrogens is 537 g/mol. The lowest BCUT2D eigenvalue weighted by Crippen LogP contribution is -2.44. The zero-order valence-electron chi connectivity index (χ0n) is 19.9. The van der Waals surface area contributed by atoms with Crippen molar-refractivity contribution in [1.82, 2.24) is 4.72 Å². The Hall–Kier alpha value is -4.05. The summed E-state index contributed by atoms with van der Waals surface area (Å²) in [4.78, 5) is 35.6. The third-order valence-corrected chi connectivity index (χ3v) is 6.21. The number of sulfonamides is 1. The standard InChI is InChI=1S/C22H25F3N4O8S/c1-14-5-2-3-6-18(14)38(32,33)29-17(19(30)36-37-20(31)22(23,24)25)13-15-7-9-16(10-8-15)34-11-4-12-35-28-21(26)27/h2-3,5-10,17,29H,4,11-13H2,1H3,(H4,26,27,28)/t17-/m0/s1. The van der Waals surface area contributed by atoms with Crippen molar-refractivity contribution in [1.29, 1.82) is 0 Å². The van der Waals surface area contributed by atoms with Crippen LogP contribution in [0, 0.1) is 6.92 Å². The Bertz CT molecular complexity index is 1230. The first-order chi connectivity index (χ1) is 17.8. The molecule has 0 saturated heterocycles. The molecule has 0 aliphatic rings. The second-order valence-electron chi connectivity index (χ2n) is 7.61. The molecule has 1 atom stereocenters. The molecule has 0 amide bonds. The molecule has 2 aromatic carbocycles. The van der Waals surface area contributed by atoms with Crippen molar-refractivity contribution < 1.29 is 50.5 Å². The van der Waals surface area contributed by atoms with E-state index in [1.54, 1.807) is 6.07 Å². The van der Waals surface area contributed by atoms with E-state index in [1.165, 1.54) is 49.4 Å². The molecule has 2 rings (SSSR count). The number of oxime groups is 1. The van der Waals surface area contributed by atoms with Gasteiger partial charge in [-0.3, -0.25) is 0 Å². The lowest BCUT2D eigenvalue weighted by atomic mass is 10.1. The molecule has 2 aromatic rings. The SMILES string of the molecule is Cc1ccccc1S(=O)(=O)N[C@@H](Cc1ccc(OCCCON=C(N)N)cc1)C(=O)OOC(=O)C(F)(F)F. The Kier molecular flexibility index (Phi) is 10.7. The fraction of sp³-hybridized carbons (Fsp3) is 0.318. The lowest BCUT2D eigenvalue weighted by molar-refractivity contribution is -0.286. The van der Waals surface area contributed by atoms with Crippen molar-refractivity contribution in [2.75, 3.05) is 13.2 Å². The highest BCUT2D eigenvalue weighted by Gasteiger charge is 2.43. The van der Waals surface area contributed by atoms with Gasteiger partial charge in [0.05, 0.1) is 11.5 Å². The highest BCUT2D eigenvalue weighted by molar-refractivity contribution is 7.89. The zero-order chi connectivity index (χ0) is 28.3. The van der Waals surface area contributed by atoms with Crippen LogP contribution in [-0.2, 0) is 40.6 Å². The summed E-state index contributed by atoms with van der Waals surface area (Å²) >= 11 is 0. The van der Waals surface area contributed by atoms with Crippen molar-refractivity contribution in [3.63, 3.8) is 0 Å². The van der Waals surface area contributed by atoms with Crippen LogP contribution in [-0.4, -0.2) is 51.7 Å². The average Bonchev–Trinajstić information content (AvgIpc) is 2.84. The van der Waals surface area contributed by atoms with Gasteiger partial charge in [0.1, 0.15) is 18.4 Å². The Morgan fingerprint density at radius 3 is 2.29 bits per heavy atom. The minimum Gasteiger partial charge on any atom is -0.493 e. The van der Waals surface area contributed by atoms with Crippen molar-refractivity contribution in [2.24, 2.45) is 16.6 Å². The number of aryl methyl sites for hydroxylation is 1. The van der Waals surface area contributed by atoms with Gasteiger partial charge >= 0.3 is 18.1 Å². The predicted molar refractivity (Wildman–Crippen MR) is 126 cm³/mol. The van der Waals surface area contributed by atoms with Crippen LogP contribution in [0.25, 0.3) is 0 Å². The number of nitrogens with two attached hydrogens (primary N) is 2. The highest BCUT2D eigenvalue weighted by atomic mass is 32.2. The van der Waals surface area contributed by atoms with E-state index in [1.807, 2.05) is 0 Å². The van der Waals surface area contributed by atoms with E-state index in [0.717, 1.165) is 0 Å². The van der Waals surface area contributed by atoms with Gasteiger partial charge in [0, 0.05) is 6.42 Å². The third-order valence-electron chi connectivity index (χ3n) is 4.58. The molecule has 208 valence electrons. The smallest absolute Gasteiger partial charge is 0.493 e. The largest absolute Gasteiger partial charge is 0.495 e. The summed E-state index contributed by atoms with van der Waals surface area (Å²) in [5, 5.41) is 3.35. The summed E-state index contributed by atoms with van der Waals surface area (Å²) in [5.41, 5.74) is 11.0. The minimum absolute atomic E-state index is 0.169. The Morgan fingerprint density at radius 1 is 1.03 bits per heavy atom. The van der Waals surface area contributed by atoms with Crippen LogP contribution in [0.2, 0.25) is 0 Å². The maximum atomic E-state index is 12.9. The van der Waals surface area contributed by atoms with E-state index in [9.17, 15) is 31.2 Å². The van der Waals surface area contributed by atoms with Crippen molar-refractivity contribution in [3.05, 3.63) is 59.7 Å². The second-order valence-corrected chi connectivity index (χ2v) is 9.29. The maximum absolute atomic E-state index is 12.9. The van der Waals surface area contributed by atoms with Gasteiger partial charge in [0.25, 0.3) is 0 Å². The zero-order valence-corrected chi connectivity index (χ0v) is 20.8.